The molecular formula is C7H14O4S. The SMILES string of the molecule is COC(CCSC)(OC)C(=O)O. The van der Waals surface area contributed by atoms with Crippen molar-refractivity contribution in [2.24, 2.45) is 0 Å². The van der Waals surface area contributed by atoms with E-state index in [1.165, 1.54) is 14.2 Å². The van der Waals surface area contributed by atoms with Crippen molar-refractivity contribution in [3.63, 3.8) is 0 Å². The Morgan fingerprint density at radius 1 is 1.50 bits per heavy atom. The van der Waals surface area contributed by atoms with Gasteiger partial charge in [-0.15, -0.1) is 0 Å². The van der Waals surface area contributed by atoms with Gasteiger partial charge in [-0.1, -0.05) is 0 Å². The van der Waals surface area contributed by atoms with Gasteiger partial charge in [-0.05, 0) is 12.0 Å². The van der Waals surface area contributed by atoms with Crippen molar-refractivity contribution in [2.75, 3.05) is 26.2 Å². The molecular weight excluding hydrogens is 180 g/mol. The molecule has 0 aromatic heterocycles. The van der Waals surface area contributed by atoms with Crippen LogP contribution in [-0.4, -0.2) is 43.1 Å². The quantitative estimate of drug-likeness (QED) is 0.634. The molecule has 0 rings (SSSR count). The molecule has 0 saturated carbocycles. The monoisotopic (exact) mass is 194 g/mol. The first-order valence-corrected chi connectivity index (χ1v) is 4.85. The number of methoxy groups -OCH3 is 2. The molecule has 72 valence electrons. The molecule has 0 unspecified atom stereocenters. The van der Waals surface area contributed by atoms with Crippen LogP contribution in [0.4, 0.5) is 0 Å². The van der Waals surface area contributed by atoms with Gasteiger partial charge in [0.25, 0.3) is 5.79 Å². The Kier molecular flexibility index (Phi) is 5.28. The summed E-state index contributed by atoms with van der Waals surface area (Å²) in [4.78, 5) is 10.7. The fourth-order valence-corrected chi connectivity index (χ4v) is 1.28. The standard InChI is InChI=1S/C7H14O4S/c1-10-7(11-2,6(8)9)4-5-12-3/h4-5H2,1-3H3,(H,8,9). The van der Waals surface area contributed by atoms with Gasteiger partial charge in [0.1, 0.15) is 0 Å². The van der Waals surface area contributed by atoms with Gasteiger partial charge in [-0.2, -0.15) is 11.8 Å². The minimum absolute atomic E-state index is 0.344. The van der Waals surface area contributed by atoms with Crippen LogP contribution in [0.1, 0.15) is 6.42 Å². The van der Waals surface area contributed by atoms with Crippen LogP contribution in [0.25, 0.3) is 0 Å². The average molecular weight is 194 g/mol. The molecule has 0 aliphatic rings. The Balaban J connectivity index is 4.25. The van der Waals surface area contributed by atoms with Gasteiger partial charge in [0, 0.05) is 20.6 Å². The smallest absolute Gasteiger partial charge is 0.364 e. The summed E-state index contributed by atoms with van der Waals surface area (Å²) in [6, 6.07) is 0. The molecule has 5 heteroatoms. The van der Waals surface area contributed by atoms with Gasteiger partial charge in [0.15, 0.2) is 0 Å². The predicted octanol–water partition coefficient (Wildman–Crippen LogP) is 0.813. The molecule has 0 atom stereocenters. The van der Waals surface area contributed by atoms with Crippen molar-refractivity contribution in [3.8, 4) is 0 Å². The Hall–Kier alpha value is -0.260. The van der Waals surface area contributed by atoms with Crippen molar-refractivity contribution in [1.82, 2.24) is 0 Å². The van der Waals surface area contributed by atoms with E-state index in [0.29, 0.717) is 12.2 Å². The maximum Gasteiger partial charge on any atom is 0.364 e. The third kappa shape index (κ3) is 2.66. The van der Waals surface area contributed by atoms with E-state index in [9.17, 15) is 4.79 Å². The van der Waals surface area contributed by atoms with Crippen molar-refractivity contribution in [2.45, 2.75) is 12.2 Å². The van der Waals surface area contributed by atoms with E-state index in [4.69, 9.17) is 14.6 Å². The second-order valence-electron chi connectivity index (χ2n) is 2.21. The zero-order chi connectivity index (χ0) is 9.61. The lowest BCUT2D eigenvalue weighted by molar-refractivity contribution is -0.225. The minimum Gasteiger partial charge on any atom is -0.477 e. The molecule has 0 spiro atoms. The molecule has 0 aromatic carbocycles. The zero-order valence-corrected chi connectivity index (χ0v) is 8.31. The highest BCUT2D eigenvalue weighted by Crippen LogP contribution is 2.18. The van der Waals surface area contributed by atoms with E-state index >= 15 is 0 Å². The normalized spacial score (nSPS) is 11.6. The lowest BCUT2D eigenvalue weighted by Crippen LogP contribution is -2.43. The van der Waals surface area contributed by atoms with Crippen LogP contribution >= 0.6 is 11.8 Å². The number of carboxylic acids is 1. The maximum atomic E-state index is 10.7. The first-order chi connectivity index (χ1) is 5.63. The van der Waals surface area contributed by atoms with Gasteiger partial charge in [-0.3, -0.25) is 0 Å². The Morgan fingerprint density at radius 2 is 2.00 bits per heavy atom. The number of carboxylic acid groups (broad SMARTS) is 1. The van der Waals surface area contributed by atoms with Crippen molar-refractivity contribution in [3.05, 3.63) is 0 Å². The number of ether oxygens (including phenoxy) is 2. The van der Waals surface area contributed by atoms with Crippen LogP contribution < -0.4 is 0 Å². The summed E-state index contributed by atoms with van der Waals surface area (Å²) < 4.78 is 9.63. The summed E-state index contributed by atoms with van der Waals surface area (Å²) in [5, 5.41) is 8.79. The molecule has 0 heterocycles. The van der Waals surface area contributed by atoms with E-state index in [2.05, 4.69) is 0 Å². The number of hydrogen-bond acceptors (Lipinski definition) is 4. The van der Waals surface area contributed by atoms with Gasteiger partial charge in [0.2, 0.25) is 0 Å². The summed E-state index contributed by atoms with van der Waals surface area (Å²) in [6.45, 7) is 0. The first kappa shape index (κ1) is 11.7. The number of aliphatic carboxylic acids is 1. The molecule has 0 aliphatic heterocycles. The number of carbonyl (C=O) groups is 1. The lowest BCUT2D eigenvalue weighted by Gasteiger charge is -2.25. The molecule has 1 N–H and O–H groups in total. The Labute approximate surface area is 76.2 Å². The highest BCUT2D eigenvalue weighted by Gasteiger charge is 2.38. The topological polar surface area (TPSA) is 55.8 Å². The van der Waals surface area contributed by atoms with Crippen molar-refractivity contribution >= 4 is 17.7 Å². The van der Waals surface area contributed by atoms with Crippen LogP contribution in [0, 0.1) is 0 Å². The fourth-order valence-electron chi connectivity index (χ4n) is 0.805. The summed E-state index contributed by atoms with van der Waals surface area (Å²) >= 11 is 1.55. The van der Waals surface area contributed by atoms with Crippen LogP contribution in [0.2, 0.25) is 0 Å². The minimum atomic E-state index is -1.47. The number of rotatable bonds is 6. The second-order valence-corrected chi connectivity index (χ2v) is 3.19. The van der Waals surface area contributed by atoms with Crippen molar-refractivity contribution < 1.29 is 19.4 Å². The average Bonchev–Trinajstić information content (AvgIpc) is 2.07. The van der Waals surface area contributed by atoms with E-state index in [-0.39, 0.29) is 0 Å². The predicted molar refractivity (Wildman–Crippen MR) is 47.4 cm³/mol. The molecule has 12 heavy (non-hydrogen) atoms. The molecule has 0 bridgehead atoms. The van der Waals surface area contributed by atoms with Crippen LogP contribution in [0.15, 0.2) is 0 Å². The zero-order valence-electron chi connectivity index (χ0n) is 7.49. The van der Waals surface area contributed by atoms with E-state index in [1.807, 2.05) is 6.26 Å². The molecule has 0 saturated heterocycles. The molecule has 0 aliphatic carbocycles. The number of hydrogen-bond donors (Lipinski definition) is 1. The maximum absolute atomic E-state index is 10.7. The number of thioether (sulfide) groups is 1. The molecule has 0 fully saturated rings. The highest BCUT2D eigenvalue weighted by molar-refractivity contribution is 7.98. The molecule has 0 amide bonds. The summed E-state index contributed by atoms with van der Waals surface area (Å²) in [5.74, 6) is -1.86. The van der Waals surface area contributed by atoms with Gasteiger partial charge in [0.05, 0.1) is 0 Å². The lowest BCUT2D eigenvalue weighted by atomic mass is 10.2. The van der Waals surface area contributed by atoms with E-state index in [1.54, 1.807) is 11.8 Å². The van der Waals surface area contributed by atoms with E-state index in [0.717, 1.165) is 0 Å². The van der Waals surface area contributed by atoms with Gasteiger partial charge < -0.3 is 14.6 Å². The molecule has 0 radical (unpaired) electrons. The molecule has 0 aromatic rings. The Bertz CT molecular complexity index is 144. The first-order valence-electron chi connectivity index (χ1n) is 3.45. The fraction of sp³-hybridized carbons (Fsp3) is 0.857. The van der Waals surface area contributed by atoms with Crippen LogP contribution in [0.3, 0.4) is 0 Å². The van der Waals surface area contributed by atoms with Gasteiger partial charge >= 0.3 is 5.97 Å². The molecule has 4 nitrogen and oxygen atoms in total. The Morgan fingerprint density at radius 3 is 2.25 bits per heavy atom. The summed E-state index contributed by atoms with van der Waals surface area (Å²) in [6.07, 6.45) is 2.24. The second kappa shape index (κ2) is 5.40. The van der Waals surface area contributed by atoms with Crippen molar-refractivity contribution in [1.29, 1.82) is 0 Å². The van der Waals surface area contributed by atoms with Crippen LogP contribution in [-0.2, 0) is 14.3 Å². The van der Waals surface area contributed by atoms with Gasteiger partial charge in [-0.25, -0.2) is 4.79 Å². The third-order valence-electron chi connectivity index (χ3n) is 1.62. The van der Waals surface area contributed by atoms with E-state index < -0.39 is 11.8 Å². The van der Waals surface area contributed by atoms with Crippen LogP contribution in [0.5, 0.6) is 0 Å². The summed E-state index contributed by atoms with van der Waals surface area (Å²) in [7, 11) is 2.66. The largest absolute Gasteiger partial charge is 0.477 e. The third-order valence-corrected chi connectivity index (χ3v) is 2.23. The highest BCUT2D eigenvalue weighted by atomic mass is 32.2. The summed E-state index contributed by atoms with van der Waals surface area (Å²) in [5.41, 5.74) is 0.